The Bertz CT molecular complexity index is 1160. The van der Waals surface area contributed by atoms with Gasteiger partial charge in [0.25, 0.3) is 0 Å². The van der Waals surface area contributed by atoms with E-state index in [1.54, 1.807) is 0 Å². The molecule has 0 radical (unpaired) electrons. The van der Waals surface area contributed by atoms with E-state index >= 15 is 0 Å². The second-order valence-electron chi connectivity index (χ2n) is 10.7. The summed E-state index contributed by atoms with van der Waals surface area (Å²) in [5, 5.41) is 10.6. The molecule has 1 amide bonds. The number of nitrogens with zero attached hydrogens (tertiary/aromatic N) is 2. The number of rotatable bonds is 11. The highest BCUT2D eigenvalue weighted by atomic mass is 16.5. The number of amides is 1. The molecule has 5 heteroatoms. The Labute approximate surface area is 227 Å². The molecule has 5 rings (SSSR count). The summed E-state index contributed by atoms with van der Waals surface area (Å²) in [7, 11) is 0. The molecule has 0 saturated carbocycles. The van der Waals surface area contributed by atoms with E-state index in [9.17, 15) is 9.90 Å². The third-order valence-electron chi connectivity index (χ3n) is 7.96. The first-order chi connectivity index (χ1) is 18.7. The minimum absolute atomic E-state index is 0.206. The van der Waals surface area contributed by atoms with Crippen molar-refractivity contribution in [1.29, 1.82) is 0 Å². The van der Waals surface area contributed by atoms with Gasteiger partial charge in [-0.1, -0.05) is 60.7 Å². The minimum atomic E-state index is -0.526. The SMILES string of the molecule is O=C1CCc2cc(OCC(O)CN3CCC(c4ccccc4)CC3)ccc2N1CCCCc1ccccc1. The maximum atomic E-state index is 12.7. The zero-order chi connectivity index (χ0) is 26.2. The van der Waals surface area contributed by atoms with E-state index in [-0.39, 0.29) is 12.5 Å². The molecule has 1 unspecified atom stereocenters. The maximum absolute atomic E-state index is 12.7. The molecule has 1 atom stereocenters. The third-order valence-corrected chi connectivity index (χ3v) is 7.96. The third kappa shape index (κ3) is 7.03. The largest absolute Gasteiger partial charge is 0.491 e. The number of carbonyl (C=O) groups excluding carboxylic acids is 1. The Kier molecular flexibility index (Phi) is 9.11. The van der Waals surface area contributed by atoms with Crippen molar-refractivity contribution in [3.8, 4) is 5.75 Å². The molecule has 0 bridgehead atoms. The summed E-state index contributed by atoms with van der Waals surface area (Å²) in [6.45, 7) is 3.67. The molecule has 1 saturated heterocycles. The van der Waals surface area contributed by atoms with E-state index in [1.807, 2.05) is 23.1 Å². The number of β-amino-alcohol motifs (C(OH)–C–C–N with tert-alkyl or cyclic N) is 1. The van der Waals surface area contributed by atoms with Crippen LogP contribution in [0.2, 0.25) is 0 Å². The Hall–Kier alpha value is -3.15. The fraction of sp³-hybridized carbons (Fsp3) is 0.424. The van der Waals surface area contributed by atoms with Crippen molar-refractivity contribution in [3.63, 3.8) is 0 Å². The van der Waals surface area contributed by atoms with Crippen LogP contribution in [0.5, 0.6) is 5.75 Å². The van der Waals surface area contributed by atoms with Gasteiger partial charge in [0.15, 0.2) is 0 Å². The predicted molar refractivity (Wildman–Crippen MR) is 153 cm³/mol. The van der Waals surface area contributed by atoms with Crippen molar-refractivity contribution >= 4 is 11.6 Å². The number of aryl methyl sites for hydroxylation is 2. The van der Waals surface area contributed by atoms with E-state index < -0.39 is 6.10 Å². The molecule has 200 valence electrons. The molecule has 0 aromatic heterocycles. The second-order valence-corrected chi connectivity index (χ2v) is 10.7. The van der Waals surface area contributed by atoms with E-state index in [0.717, 1.165) is 75.2 Å². The van der Waals surface area contributed by atoms with Crippen LogP contribution in [-0.2, 0) is 17.6 Å². The number of piperidine rings is 1. The highest BCUT2D eigenvalue weighted by Crippen LogP contribution is 2.32. The number of hydrogen-bond donors (Lipinski definition) is 1. The van der Waals surface area contributed by atoms with Crippen LogP contribution < -0.4 is 9.64 Å². The number of benzene rings is 3. The highest BCUT2D eigenvalue weighted by Gasteiger charge is 2.25. The van der Waals surface area contributed by atoms with Crippen LogP contribution in [0.4, 0.5) is 5.69 Å². The van der Waals surface area contributed by atoms with Gasteiger partial charge in [0, 0.05) is 25.2 Å². The molecule has 1 fully saturated rings. The van der Waals surface area contributed by atoms with Crippen molar-refractivity contribution in [2.24, 2.45) is 0 Å². The number of carbonyl (C=O) groups is 1. The molecule has 0 aliphatic carbocycles. The number of anilines is 1. The number of likely N-dealkylation sites (tertiary alicyclic amines) is 1. The Morgan fingerprint density at radius 2 is 1.63 bits per heavy atom. The predicted octanol–water partition coefficient (Wildman–Crippen LogP) is 5.61. The zero-order valence-electron chi connectivity index (χ0n) is 22.3. The molecular weight excluding hydrogens is 472 g/mol. The number of unbranched alkanes of at least 4 members (excludes halogenated alkanes) is 1. The van der Waals surface area contributed by atoms with E-state index in [1.165, 1.54) is 11.1 Å². The topological polar surface area (TPSA) is 53.0 Å². The van der Waals surface area contributed by atoms with Gasteiger partial charge in [0.2, 0.25) is 5.91 Å². The zero-order valence-corrected chi connectivity index (χ0v) is 22.3. The lowest BCUT2D eigenvalue weighted by Gasteiger charge is -2.33. The van der Waals surface area contributed by atoms with Gasteiger partial charge in [-0.25, -0.2) is 0 Å². The van der Waals surface area contributed by atoms with Gasteiger partial charge in [-0.05, 0) is 92.4 Å². The summed E-state index contributed by atoms with van der Waals surface area (Å²) < 4.78 is 6.00. The van der Waals surface area contributed by atoms with Crippen LogP contribution in [0.25, 0.3) is 0 Å². The summed E-state index contributed by atoms with van der Waals surface area (Å²) in [5.74, 6) is 1.59. The number of hydrogen-bond acceptors (Lipinski definition) is 4. The molecule has 2 aliphatic rings. The van der Waals surface area contributed by atoms with Crippen LogP contribution in [0, 0.1) is 0 Å². The Morgan fingerprint density at radius 3 is 2.39 bits per heavy atom. The van der Waals surface area contributed by atoms with Gasteiger partial charge in [0.05, 0.1) is 0 Å². The lowest BCUT2D eigenvalue weighted by Crippen LogP contribution is -2.40. The molecule has 0 spiro atoms. The van der Waals surface area contributed by atoms with Crippen LogP contribution in [0.3, 0.4) is 0 Å². The normalized spacial score (nSPS) is 17.3. The number of aliphatic hydroxyl groups excluding tert-OH is 1. The van der Waals surface area contributed by atoms with Gasteiger partial charge in [-0.3, -0.25) is 4.79 Å². The second kappa shape index (κ2) is 13.1. The number of ether oxygens (including phenoxy) is 1. The fourth-order valence-corrected chi connectivity index (χ4v) is 5.83. The fourth-order valence-electron chi connectivity index (χ4n) is 5.83. The van der Waals surface area contributed by atoms with Crippen molar-refractivity contribution in [3.05, 3.63) is 95.6 Å². The molecule has 38 heavy (non-hydrogen) atoms. The van der Waals surface area contributed by atoms with E-state index in [2.05, 4.69) is 65.6 Å². The summed E-state index contributed by atoms with van der Waals surface area (Å²) in [4.78, 5) is 17.0. The van der Waals surface area contributed by atoms with Gasteiger partial charge in [0.1, 0.15) is 18.5 Å². The van der Waals surface area contributed by atoms with Crippen LogP contribution in [-0.4, -0.2) is 54.8 Å². The first-order valence-electron chi connectivity index (χ1n) is 14.2. The average Bonchev–Trinajstić information content (AvgIpc) is 2.96. The molecule has 5 nitrogen and oxygen atoms in total. The van der Waals surface area contributed by atoms with Crippen LogP contribution in [0.1, 0.15) is 54.7 Å². The van der Waals surface area contributed by atoms with Crippen molar-refractivity contribution in [2.45, 2.75) is 57.0 Å². The highest BCUT2D eigenvalue weighted by molar-refractivity contribution is 5.96. The molecular formula is C33H40N2O3. The summed E-state index contributed by atoms with van der Waals surface area (Å²) in [6, 6.07) is 27.3. The minimum Gasteiger partial charge on any atom is -0.491 e. The number of aliphatic hydroxyl groups is 1. The van der Waals surface area contributed by atoms with Crippen molar-refractivity contribution < 1.29 is 14.6 Å². The van der Waals surface area contributed by atoms with E-state index in [4.69, 9.17) is 4.74 Å². The van der Waals surface area contributed by atoms with E-state index in [0.29, 0.717) is 18.9 Å². The molecule has 3 aromatic rings. The van der Waals surface area contributed by atoms with Gasteiger partial charge < -0.3 is 19.6 Å². The Morgan fingerprint density at radius 1 is 0.895 bits per heavy atom. The summed E-state index contributed by atoms with van der Waals surface area (Å²) in [6.07, 6.45) is 6.09. The standard InChI is InChI=1S/C33H40N2O3/c36-30(24-34-21-18-28(19-22-34)27-12-5-2-6-13-27)25-38-31-15-16-32-29(23-31)14-17-33(37)35(32)20-8-7-11-26-9-3-1-4-10-26/h1-6,9-10,12-13,15-16,23,28,30,36H,7-8,11,14,17-22,24-25H2. The van der Waals surface area contributed by atoms with Gasteiger partial charge >= 0.3 is 0 Å². The lowest BCUT2D eigenvalue weighted by molar-refractivity contribution is -0.118. The summed E-state index contributed by atoms with van der Waals surface area (Å²) in [5.41, 5.74) is 4.94. The smallest absolute Gasteiger partial charge is 0.227 e. The molecule has 2 aliphatic heterocycles. The number of fused-ring (bicyclic) bond motifs is 1. The molecule has 3 aromatic carbocycles. The maximum Gasteiger partial charge on any atom is 0.227 e. The molecule has 2 heterocycles. The first-order valence-corrected chi connectivity index (χ1v) is 14.2. The molecule has 1 N–H and O–H groups in total. The Balaban J connectivity index is 1.07. The van der Waals surface area contributed by atoms with Gasteiger partial charge in [-0.15, -0.1) is 0 Å². The van der Waals surface area contributed by atoms with Crippen molar-refractivity contribution in [2.75, 3.05) is 37.7 Å². The average molecular weight is 513 g/mol. The van der Waals surface area contributed by atoms with Crippen LogP contribution in [0.15, 0.2) is 78.9 Å². The first kappa shape index (κ1) is 26.5. The van der Waals surface area contributed by atoms with Crippen molar-refractivity contribution in [1.82, 2.24) is 4.90 Å². The van der Waals surface area contributed by atoms with Crippen LogP contribution >= 0.6 is 0 Å². The quantitative estimate of drug-likeness (QED) is 0.340. The van der Waals surface area contributed by atoms with Gasteiger partial charge in [-0.2, -0.15) is 0 Å². The summed E-state index contributed by atoms with van der Waals surface area (Å²) >= 11 is 0. The monoisotopic (exact) mass is 512 g/mol. The lowest BCUT2D eigenvalue weighted by atomic mass is 9.89.